The van der Waals surface area contributed by atoms with Gasteiger partial charge < -0.3 is 20.1 Å². The molecule has 170 valence electrons. The second-order valence-corrected chi connectivity index (χ2v) is 10.3. The highest BCUT2D eigenvalue weighted by molar-refractivity contribution is 5.75. The van der Waals surface area contributed by atoms with Gasteiger partial charge in [-0.25, -0.2) is 4.98 Å². The lowest BCUT2D eigenvalue weighted by Crippen LogP contribution is -2.60. The Hall–Kier alpha value is -3.45. The topological polar surface area (TPSA) is 87.4 Å². The van der Waals surface area contributed by atoms with Crippen molar-refractivity contribution < 1.29 is 5.11 Å². The van der Waals surface area contributed by atoms with Crippen molar-refractivity contribution in [3.8, 4) is 28.1 Å². The molecule has 3 N–H and O–H groups in total. The van der Waals surface area contributed by atoms with Crippen molar-refractivity contribution in [1.82, 2.24) is 24.9 Å². The van der Waals surface area contributed by atoms with E-state index < -0.39 is 0 Å². The molecule has 0 bridgehead atoms. The van der Waals surface area contributed by atoms with Crippen molar-refractivity contribution in [3.63, 3.8) is 0 Å². The second kappa shape index (κ2) is 7.85. The fourth-order valence-electron chi connectivity index (χ4n) is 5.20. The van der Waals surface area contributed by atoms with E-state index in [-0.39, 0.29) is 16.8 Å². The highest BCUT2D eigenvalue weighted by Gasteiger charge is 2.37. The Bertz CT molecular complexity index is 1280. The monoisotopic (exact) mass is 442 g/mol. The minimum absolute atomic E-state index is 0.0580. The first kappa shape index (κ1) is 21.4. The molecular formula is C26H30N6O. The fraction of sp³-hybridized carbons (Fsp3) is 0.346. The maximum atomic E-state index is 10.7. The molecule has 0 aliphatic carbocycles. The van der Waals surface area contributed by atoms with Crippen LogP contribution in [0.2, 0.25) is 0 Å². The molecule has 0 spiro atoms. The number of nitrogens with one attached hydrogen (secondary N) is 2. The SMILES string of the molecule is CC1(C)CC(Nc2ccc(-c3ccc(-c4ccn5ccnc5c4)cc3O)nn2)CC(C)(C)N1. The van der Waals surface area contributed by atoms with Gasteiger partial charge in [-0.1, -0.05) is 6.07 Å². The first-order chi connectivity index (χ1) is 15.7. The van der Waals surface area contributed by atoms with E-state index in [0.717, 1.165) is 35.4 Å². The maximum absolute atomic E-state index is 10.7. The van der Waals surface area contributed by atoms with E-state index in [9.17, 15) is 5.11 Å². The molecule has 3 aromatic heterocycles. The average molecular weight is 443 g/mol. The Morgan fingerprint density at radius 3 is 2.39 bits per heavy atom. The minimum atomic E-state index is 0.0580. The lowest BCUT2D eigenvalue weighted by atomic mass is 9.79. The smallest absolute Gasteiger partial charge is 0.148 e. The van der Waals surface area contributed by atoms with Crippen LogP contribution < -0.4 is 10.6 Å². The van der Waals surface area contributed by atoms with Gasteiger partial charge in [0.25, 0.3) is 0 Å². The molecule has 1 aliphatic rings. The summed E-state index contributed by atoms with van der Waals surface area (Å²) in [7, 11) is 0. The number of piperidine rings is 1. The quantitative estimate of drug-likeness (QED) is 0.417. The van der Waals surface area contributed by atoms with Gasteiger partial charge in [0.05, 0.1) is 5.69 Å². The molecule has 0 atom stereocenters. The summed E-state index contributed by atoms with van der Waals surface area (Å²) in [6, 6.07) is 13.8. The number of anilines is 1. The number of phenols is 1. The van der Waals surface area contributed by atoms with Gasteiger partial charge in [-0.2, -0.15) is 0 Å². The Morgan fingerprint density at radius 1 is 0.939 bits per heavy atom. The van der Waals surface area contributed by atoms with Gasteiger partial charge in [0.1, 0.15) is 17.2 Å². The lowest BCUT2D eigenvalue weighted by Gasteiger charge is -2.46. The predicted octanol–water partition coefficient (Wildman–Crippen LogP) is 4.89. The number of phenolic OH excluding ortho intramolecular Hbond substituents is 1. The number of hydrogen-bond acceptors (Lipinski definition) is 6. The first-order valence-corrected chi connectivity index (χ1v) is 11.3. The van der Waals surface area contributed by atoms with Gasteiger partial charge in [0, 0.05) is 41.3 Å². The largest absolute Gasteiger partial charge is 0.507 e. The molecule has 4 aromatic rings. The molecule has 7 heteroatoms. The molecule has 5 rings (SSSR count). The molecule has 0 saturated carbocycles. The van der Waals surface area contributed by atoms with Gasteiger partial charge in [-0.3, -0.25) is 0 Å². The number of benzene rings is 1. The maximum Gasteiger partial charge on any atom is 0.148 e. The highest BCUT2D eigenvalue weighted by Crippen LogP contribution is 2.33. The van der Waals surface area contributed by atoms with Crippen LogP contribution in [0.25, 0.3) is 28.0 Å². The number of imidazole rings is 1. The average Bonchev–Trinajstić information content (AvgIpc) is 3.20. The summed E-state index contributed by atoms with van der Waals surface area (Å²) in [6.45, 7) is 8.93. The van der Waals surface area contributed by atoms with Gasteiger partial charge in [-0.15, -0.1) is 10.2 Å². The third-order valence-electron chi connectivity index (χ3n) is 6.21. The van der Waals surface area contributed by atoms with Crippen LogP contribution in [0, 0.1) is 0 Å². The second-order valence-electron chi connectivity index (χ2n) is 10.3. The Morgan fingerprint density at radius 2 is 1.70 bits per heavy atom. The van der Waals surface area contributed by atoms with E-state index in [4.69, 9.17) is 0 Å². The molecule has 7 nitrogen and oxygen atoms in total. The van der Waals surface area contributed by atoms with Crippen molar-refractivity contribution in [2.75, 3.05) is 5.32 Å². The Kier molecular flexibility index (Phi) is 5.09. The summed E-state index contributed by atoms with van der Waals surface area (Å²) in [5.74, 6) is 0.925. The third kappa shape index (κ3) is 4.54. The van der Waals surface area contributed by atoms with Crippen LogP contribution in [0.15, 0.2) is 61.1 Å². The van der Waals surface area contributed by atoms with Crippen LogP contribution in [-0.4, -0.2) is 41.8 Å². The van der Waals surface area contributed by atoms with E-state index in [2.05, 4.69) is 53.5 Å². The number of hydrogen-bond donors (Lipinski definition) is 3. The van der Waals surface area contributed by atoms with E-state index in [0.29, 0.717) is 17.3 Å². The summed E-state index contributed by atoms with van der Waals surface area (Å²) in [5.41, 5.74) is 4.19. The summed E-state index contributed by atoms with van der Waals surface area (Å²) < 4.78 is 1.95. The summed E-state index contributed by atoms with van der Waals surface area (Å²) in [6.07, 6.45) is 7.65. The van der Waals surface area contributed by atoms with Gasteiger partial charge in [0.2, 0.25) is 0 Å². The molecule has 1 saturated heterocycles. The normalized spacial score (nSPS) is 17.8. The summed E-state index contributed by atoms with van der Waals surface area (Å²) >= 11 is 0. The molecule has 4 heterocycles. The zero-order valence-electron chi connectivity index (χ0n) is 19.5. The van der Waals surface area contributed by atoms with E-state index >= 15 is 0 Å². The molecule has 0 radical (unpaired) electrons. The molecule has 33 heavy (non-hydrogen) atoms. The van der Waals surface area contributed by atoms with Crippen LogP contribution in [0.4, 0.5) is 5.82 Å². The van der Waals surface area contributed by atoms with Crippen LogP contribution in [0.1, 0.15) is 40.5 Å². The van der Waals surface area contributed by atoms with E-state index in [1.165, 1.54) is 0 Å². The number of rotatable bonds is 4. The lowest BCUT2D eigenvalue weighted by molar-refractivity contribution is 0.170. The number of fused-ring (bicyclic) bond motifs is 1. The minimum Gasteiger partial charge on any atom is -0.507 e. The summed E-state index contributed by atoms with van der Waals surface area (Å²) in [4.78, 5) is 4.33. The Balaban J connectivity index is 1.33. The zero-order valence-corrected chi connectivity index (χ0v) is 19.5. The fourth-order valence-corrected chi connectivity index (χ4v) is 5.20. The molecule has 1 aliphatic heterocycles. The van der Waals surface area contributed by atoms with Crippen molar-refractivity contribution in [2.24, 2.45) is 0 Å². The zero-order chi connectivity index (χ0) is 23.2. The predicted molar refractivity (Wildman–Crippen MR) is 131 cm³/mol. The number of pyridine rings is 1. The van der Waals surface area contributed by atoms with E-state index in [1.807, 2.05) is 53.2 Å². The van der Waals surface area contributed by atoms with Gasteiger partial charge in [-0.05, 0) is 88.1 Å². The van der Waals surface area contributed by atoms with Crippen LogP contribution in [0.5, 0.6) is 5.75 Å². The molecule has 0 amide bonds. The molecule has 1 fully saturated rings. The van der Waals surface area contributed by atoms with Crippen molar-refractivity contribution in [1.29, 1.82) is 0 Å². The molecule has 1 aromatic carbocycles. The number of aromatic hydroxyl groups is 1. The van der Waals surface area contributed by atoms with Gasteiger partial charge in [0.15, 0.2) is 0 Å². The van der Waals surface area contributed by atoms with Crippen LogP contribution in [-0.2, 0) is 0 Å². The third-order valence-corrected chi connectivity index (χ3v) is 6.21. The van der Waals surface area contributed by atoms with Crippen LogP contribution in [0.3, 0.4) is 0 Å². The van der Waals surface area contributed by atoms with Crippen molar-refractivity contribution in [2.45, 2.75) is 57.7 Å². The van der Waals surface area contributed by atoms with E-state index in [1.54, 1.807) is 12.3 Å². The summed E-state index contributed by atoms with van der Waals surface area (Å²) in [5, 5.41) is 26.7. The molecular weight excluding hydrogens is 412 g/mol. The Labute approximate surface area is 193 Å². The standard InChI is InChI=1S/C26H30N6O/c1-25(2)15-19(16-26(3,4)31-25)28-23-8-7-21(29-30-23)20-6-5-17(13-22(20)33)18-9-11-32-12-10-27-24(32)14-18/h5-14,19,31,33H,15-16H2,1-4H3,(H,28,30). The van der Waals surface area contributed by atoms with Crippen molar-refractivity contribution in [3.05, 3.63) is 61.1 Å². The van der Waals surface area contributed by atoms with Crippen molar-refractivity contribution >= 4 is 11.5 Å². The number of aromatic nitrogens is 4. The highest BCUT2D eigenvalue weighted by atomic mass is 16.3. The van der Waals surface area contributed by atoms with Crippen LogP contribution >= 0.6 is 0 Å². The first-order valence-electron chi connectivity index (χ1n) is 11.3. The number of nitrogens with zero attached hydrogens (tertiary/aromatic N) is 4. The van der Waals surface area contributed by atoms with Gasteiger partial charge >= 0.3 is 0 Å². The molecule has 0 unspecified atom stereocenters.